The number of nitrogens with one attached hydrogen (secondary N) is 1. The van der Waals surface area contributed by atoms with Gasteiger partial charge >= 0.3 is 5.97 Å². The summed E-state index contributed by atoms with van der Waals surface area (Å²) in [6.45, 7) is 2.08. The van der Waals surface area contributed by atoms with Crippen molar-refractivity contribution in [2.75, 3.05) is 0 Å². The third-order valence-corrected chi connectivity index (χ3v) is 1.83. The second-order valence-electron chi connectivity index (χ2n) is 3.25. The van der Waals surface area contributed by atoms with Crippen molar-refractivity contribution in [2.24, 2.45) is 0 Å². The van der Waals surface area contributed by atoms with Crippen LogP contribution in [0.5, 0.6) is 0 Å². The van der Waals surface area contributed by atoms with Gasteiger partial charge in [0.15, 0.2) is 0 Å². The summed E-state index contributed by atoms with van der Waals surface area (Å²) in [7, 11) is 0. The molecule has 0 aromatic rings. The van der Waals surface area contributed by atoms with Crippen LogP contribution in [0, 0.1) is 0 Å². The first-order chi connectivity index (χ1) is 7.70. The average molecular weight is 227 g/mol. The van der Waals surface area contributed by atoms with E-state index < -0.39 is 11.9 Å². The number of hydrogen-bond acceptors (Lipinski definition) is 4. The maximum absolute atomic E-state index is 11.1. The highest BCUT2D eigenvalue weighted by atomic mass is 16.7. The molecule has 5 nitrogen and oxygen atoms in total. The van der Waals surface area contributed by atoms with Gasteiger partial charge in [0.25, 0.3) is 5.91 Å². The van der Waals surface area contributed by atoms with E-state index in [1.54, 1.807) is 0 Å². The molecule has 1 N–H and O–H groups in total. The van der Waals surface area contributed by atoms with Crippen LogP contribution in [0.1, 0.15) is 39.0 Å². The highest BCUT2D eigenvalue weighted by Gasteiger charge is 2.04. The minimum Gasteiger partial charge on any atom is -0.341 e. The minimum atomic E-state index is -0.631. The number of allylic oxidation sites excluding steroid dienone is 1. The van der Waals surface area contributed by atoms with Gasteiger partial charge in [-0.1, -0.05) is 26.2 Å². The van der Waals surface area contributed by atoms with Gasteiger partial charge in [-0.3, -0.25) is 9.59 Å². The number of amides is 1. The van der Waals surface area contributed by atoms with Gasteiger partial charge in [-0.2, -0.15) is 5.48 Å². The number of hydroxylamine groups is 1. The summed E-state index contributed by atoms with van der Waals surface area (Å²) in [6.07, 6.45) is 6.67. The van der Waals surface area contributed by atoms with E-state index in [4.69, 9.17) is 0 Å². The molecule has 0 aliphatic carbocycles. The van der Waals surface area contributed by atoms with E-state index >= 15 is 0 Å². The van der Waals surface area contributed by atoms with Crippen molar-refractivity contribution in [1.82, 2.24) is 5.48 Å². The van der Waals surface area contributed by atoms with Gasteiger partial charge in [-0.05, 0) is 12.5 Å². The fourth-order valence-electron chi connectivity index (χ4n) is 1.02. The van der Waals surface area contributed by atoms with Crippen molar-refractivity contribution >= 4 is 18.2 Å². The van der Waals surface area contributed by atoms with E-state index in [9.17, 15) is 14.4 Å². The molecule has 90 valence electrons. The van der Waals surface area contributed by atoms with Gasteiger partial charge in [-0.15, -0.1) is 0 Å². The van der Waals surface area contributed by atoms with Crippen LogP contribution in [0.15, 0.2) is 12.2 Å². The standard InChI is InChI=1S/C11H17NO4/c1-2-3-4-5-8-11(15)16-12-10(14)7-6-9-13/h6-7,9H,2-5,8H2,1H3,(H,12,14)/b7-6-. The zero-order chi connectivity index (χ0) is 12.2. The van der Waals surface area contributed by atoms with E-state index in [0.29, 0.717) is 6.29 Å². The number of carbonyl (C=O) groups excluding carboxylic acids is 3. The molecule has 0 fully saturated rings. The smallest absolute Gasteiger partial charge is 0.332 e. The fourth-order valence-corrected chi connectivity index (χ4v) is 1.02. The van der Waals surface area contributed by atoms with Gasteiger partial charge in [0.2, 0.25) is 0 Å². The first-order valence-electron chi connectivity index (χ1n) is 5.32. The van der Waals surface area contributed by atoms with Crippen LogP contribution in [0.2, 0.25) is 0 Å². The molecule has 0 spiro atoms. The quantitative estimate of drug-likeness (QED) is 0.308. The van der Waals surface area contributed by atoms with Crippen molar-refractivity contribution in [3.05, 3.63) is 12.2 Å². The Hall–Kier alpha value is -1.65. The fraction of sp³-hybridized carbons (Fsp3) is 0.545. The van der Waals surface area contributed by atoms with Crippen LogP contribution in [-0.2, 0) is 19.2 Å². The number of unbranched alkanes of at least 4 members (excludes halogenated alkanes) is 3. The SMILES string of the molecule is CCCCCCC(=O)ONC(=O)/C=C\C=O. The Morgan fingerprint density at radius 2 is 2.00 bits per heavy atom. The Bertz CT molecular complexity index is 261. The molecule has 0 unspecified atom stereocenters. The van der Waals surface area contributed by atoms with Crippen molar-refractivity contribution in [2.45, 2.75) is 39.0 Å². The molecule has 0 aliphatic rings. The van der Waals surface area contributed by atoms with E-state index in [0.717, 1.165) is 37.8 Å². The molecule has 0 aromatic heterocycles. The Kier molecular flexibility index (Phi) is 8.87. The number of aldehydes is 1. The van der Waals surface area contributed by atoms with Gasteiger partial charge in [0, 0.05) is 12.5 Å². The average Bonchev–Trinajstić information content (AvgIpc) is 2.29. The van der Waals surface area contributed by atoms with Crippen molar-refractivity contribution in [3.8, 4) is 0 Å². The first-order valence-corrected chi connectivity index (χ1v) is 5.32. The molecular formula is C11H17NO4. The first kappa shape index (κ1) is 14.3. The van der Waals surface area contributed by atoms with Crippen LogP contribution in [0.3, 0.4) is 0 Å². The van der Waals surface area contributed by atoms with Crippen molar-refractivity contribution < 1.29 is 19.2 Å². The predicted octanol–water partition coefficient (Wildman–Crippen LogP) is 1.29. The Labute approximate surface area is 94.8 Å². The normalized spacial score (nSPS) is 10.1. The van der Waals surface area contributed by atoms with Crippen molar-refractivity contribution in [3.63, 3.8) is 0 Å². The van der Waals surface area contributed by atoms with E-state index in [-0.39, 0.29) is 6.42 Å². The zero-order valence-electron chi connectivity index (χ0n) is 9.40. The Balaban J connectivity index is 3.53. The molecule has 0 rings (SSSR count). The molecule has 0 aromatic carbocycles. The maximum atomic E-state index is 11.1. The third kappa shape index (κ3) is 8.93. The van der Waals surface area contributed by atoms with E-state index in [1.165, 1.54) is 0 Å². The molecule has 16 heavy (non-hydrogen) atoms. The molecule has 0 heterocycles. The molecule has 5 heteroatoms. The van der Waals surface area contributed by atoms with Gasteiger partial charge in [0.1, 0.15) is 6.29 Å². The van der Waals surface area contributed by atoms with Crippen LogP contribution in [0.25, 0.3) is 0 Å². The molecule has 0 aliphatic heterocycles. The van der Waals surface area contributed by atoms with Crippen LogP contribution in [0.4, 0.5) is 0 Å². The zero-order valence-corrected chi connectivity index (χ0v) is 9.40. The topological polar surface area (TPSA) is 72.5 Å². The lowest BCUT2D eigenvalue weighted by molar-refractivity contribution is -0.156. The molecule has 0 radical (unpaired) electrons. The number of rotatable bonds is 7. The molecule has 0 saturated carbocycles. The summed E-state index contributed by atoms with van der Waals surface area (Å²) in [4.78, 5) is 36.3. The molecular weight excluding hydrogens is 210 g/mol. The van der Waals surface area contributed by atoms with Crippen LogP contribution < -0.4 is 5.48 Å². The second kappa shape index (κ2) is 9.89. The monoisotopic (exact) mass is 227 g/mol. The highest BCUT2D eigenvalue weighted by Crippen LogP contribution is 2.02. The summed E-state index contributed by atoms with van der Waals surface area (Å²) in [5.74, 6) is -1.10. The van der Waals surface area contributed by atoms with Crippen molar-refractivity contribution in [1.29, 1.82) is 0 Å². The van der Waals surface area contributed by atoms with E-state index in [1.807, 2.05) is 5.48 Å². The summed E-state index contributed by atoms with van der Waals surface area (Å²) in [5, 5.41) is 0. The Morgan fingerprint density at radius 1 is 1.25 bits per heavy atom. The highest BCUT2D eigenvalue weighted by molar-refractivity contribution is 5.90. The molecule has 0 bridgehead atoms. The van der Waals surface area contributed by atoms with Gasteiger partial charge in [-0.25, -0.2) is 4.79 Å². The second-order valence-corrected chi connectivity index (χ2v) is 3.25. The third-order valence-electron chi connectivity index (χ3n) is 1.83. The summed E-state index contributed by atoms with van der Waals surface area (Å²) in [6, 6.07) is 0. The lowest BCUT2D eigenvalue weighted by Gasteiger charge is -2.02. The van der Waals surface area contributed by atoms with Gasteiger partial charge in [0.05, 0.1) is 0 Å². The van der Waals surface area contributed by atoms with Crippen LogP contribution >= 0.6 is 0 Å². The Morgan fingerprint density at radius 3 is 2.62 bits per heavy atom. The molecule has 0 atom stereocenters. The maximum Gasteiger partial charge on any atom is 0.332 e. The number of carbonyl (C=O) groups is 3. The predicted molar refractivity (Wildman–Crippen MR) is 58.2 cm³/mol. The lowest BCUT2D eigenvalue weighted by Crippen LogP contribution is -2.25. The molecule has 0 saturated heterocycles. The lowest BCUT2D eigenvalue weighted by atomic mass is 10.2. The largest absolute Gasteiger partial charge is 0.341 e. The number of hydrogen-bond donors (Lipinski definition) is 1. The van der Waals surface area contributed by atoms with E-state index in [2.05, 4.69) is 11.8 Å². The van der Waals surface area contributed by atoms with Crippen LogP contribution in [-0.4, -0.2) is 18.2 Å². The minimum absolute atomic E-state index is 0.289. The summed E-state index contributed by atoms with van der Waals surface area (Å²) in [5.41, 5.74) is 1.92. The summed E-state index contributed by atoms with van der Waals surface area (Å²) >= 11 is 0. The van der Waals surface area contributed by atoms with Gasteiger partial charge < -0.3 is 4.84 Å². The summed E-state index contributed by atoms with van der Waals surface area (Å²) < 4.78 is 0. The molecule has 1 amide bonds.